The Balaban J connectivity index is 2.53. The van der Waals surface area contributed by atoms with E-state index in [9.17, 15) is 4.79 Å². The van der Waals surface area contributed by atoms with E-state index in [0.29, 0.717) is 17.5 Å². The van der Waals surface area contributed by atoms with Crippen LogP contribution in [0, 0.1) is 0 Å². The predicted molar refractivity (Wildman–Crippen MR) is 63.8 cm³/mol. The van der Waals surface area contributed by atoms with Crippen LogP contribution in [0.25, 0.3) is 0 Å². The van der Waals surface area contributed by atoms with Crippen molar-refractivity contribution in [2.75, 3.05) is 0 Å². The molecule has 1 aromatic heterocycles. The van der Waals surface area contributed by atoms with E-state index in [2.05, 4.69) is 11.9 Å². The lowest BCUT2D eigenvalue weighted by Gasteiger charge is -2.14. The highest BCUT2D eigenvalue weighted by Crippen LogP contribution is 2.25. The topological polar surface area (TPSA) is 50.2 Å². The molecule has 1 heterocycles. The van der Waals surface area contributed by atoms with Gasteiger partial charge in [0.25, 0.3) is 0 Å². The SMILES string of the molecule is CCC(CCCC(=O)O)c1ccc(Cl)nc1. The molecule has 1 rings (SSSR count). The van der Waals surface area contributed by atoms with E-state index in [1.807, 2.05) is 6.07 Å². The molecule has 3 nitrogen and oxygen atoms in total. The molecule has 0 bridgehead atoms. The van der Waals surface area contributed by atoms with Gasteiger partial charge in [0.2, 0.25) is 0 Å². The Hall–Kier alpha value is -1.09. The summed E-state index contributed by atoms with van der Waals surface area (Å²) in [7, 11) is 0. The van der Waals surface area contributed by atoms with Crippen LogP contribution in [-0.4, -0.2) is 16.1 Å². The smallest absolute Gasteiger partial charge is 0.303 e. The fraction of sp³-hybridized carbons (Fsp3) is 0.500. The van der Waals surface area contributed by atoms with Gasteiger partial charge in [-0.25, -0.2) is 4.98 Å². The number of nitrogens with zero attached hydrogens (tertiary/aromatic N) is 1. The van der Waals surface area contributed by atoms with Crippen molar-refractivity contribution in [3.63, 3.8) is 0 Å². The molecule has 1 atom stereocenters. The van der Waals surface area contributed by atoms with Crippen LogP contribution < -0.4 is 0 Å². The second-order valence-corrected chi connectivity index (χ2v) is 4.19. The summed E-state index contributed by atoms with van der Waals surface area (Å²) in [5.41, 5.74) is 1.14. The molecule has 4 heteroatoms. The summed E-state index contributed by atoms with van der Waals surface area (Å²) in [6, 6.07) is 3.74. The summed E-state index contributed by atoms with van der Waals surface area (Å²) >= 11 is 5.72. The van der Waals surface area contributed by atoms with Gasteiger partial charge < -0.3 is 5.11 Å². The number of aromatic nitrogens is 1. The zero-order valence-corrected chi connectivity index (χ0v) is 10.1. The van der Waals surface area contributed by atoms with Crippen molar-refractivity contribution in [1.82, 2.24) is 4.98 Å². The summed E-state index contributed by atoms with van der Waals surface area (Å²) in [5, 5.41) is 9.07. The standard InChI is InChI=1S/C12H16ClNO2/c1-2-9(4-3-5-12(15)16)10-6-7-11(13)14-8-10/h6-9H,2-5H2,1H3,(H,15,16). The first kappa shape index (κ1) is 13.0. The molecule has 0 radical (unpaired) electrons. The average Bonchev–Trinajstić information content (AvgIpc) is 2.26. The number of hydrogen-bond acceptors (Lipinski definition) is 2. The number of rotatable bonds is 6. The zero-order valence-electron chi connectivity index (χ0n) is 9.32. The number of halogens is 1. The Morgan fingerprint density at radius 2 is 2.31 bits per heavy atom. The number of carboxylic acid groups (broad SMARTS) is 1. The third-order valence-corrected chi connectivity index (χ3v) is 2.88. The molecule has 1 aromatic rings. The monoisotopic (exact) mass is 241 g/mol. The second-order valence-electron chi connectivity index (χ2n) is 3.81. The zero-order chi connectivity index (χ0) is 12.0. The summed E-state index contributed by atoms with van der Waals surface area (Å²) in [6.45, 7) is 2.10. The first-order chi connectivity index (χ1) is 7.63. The van der Waals surface area contributed by atoms with Crippen molar-refractivity contribution in [3.05, 3.63) is 29.0 Å². The lowest BCUT2D eigenvalue weighted by Crippen LogP contribution is -2.01. The van der Waals surface area contributed by atoms with Gasteiger partial charge in [0.1, 0.15) is 5.15 Å². The molecule has 0 saturated heterocycles. The highest BCUT2D eigenvalue weighted by molar-refractivity contribution is 6.29. The fourth-order valence-corrected chi connectivity index (χ4v) is 1.85. The van der Waals surface area contributed by atoms with Gasteiger partial charge in [-0.1, -0.05) is 24.6 Å². The van der Waals surface area contributed by atoms with Gasteiger partial charge in [0, 0.05) is 12.6 Å². The Morgan fingerprint density at radius 3 is 2.81 bits per heavy atom. The molecule has 16 heavy (non-hydrogen) atoms. The molecule has 88 valence electrons. The first-order valence-corrected chi connectivity index (χ1v) is 5.84. The van der Waals surface area contributed by atoms with Crippen LogP contribution in [0.1, 0.15) is 44.1 Å². The molecular weight excluding hydrogens is 226 g/mol. The molecule has 1 N–H and O–H groups in total. The molecule has 0 aromatic carbocycles. The van der Waals surface area contributed by atoms with Crippen molar-refractivity contribution in [2.24, 2.45) is 0 Å². The van der Waals surface area contributed by atoms with E-state index in [1.54, 1.807) is 12.3 Å². The summed E-state index contributed by atoms with van der Waals surface area (Å²) in [5.74, 6) is -0.354. The lowest BCUT2D eigenvalue weighted by atomic mass is 9.92. The third-order valence-electron chi connectivity index (χ3n) is 2.66. The van der Waals surface area contributed by atoms with Crippen LogP contribution in [0.2, 0.25) is 5.15 Å². The van der Waals surface area contributed by atoms with E-state index in [0.717, 1.165) is 18.4 Å². The van der Waals surface area contributed by atoms with E-state index >= 15 is 0 Å². The molecule has 0 amide bonds. The van der Waals surface area contributed by atoms with Gasteiger partial charge in [-0.2, -0.15) is 0 Å². The number of pyridine rings is 1. The maximum Gasteiger partial charge on any atom is 0.303 e. The van der Waals surface area contributed by atoms with Crippen LogP contribution >= 0.6 is 11.6 Å². The fourth-order valence-electron chi connectivity index (χ4n) is 1.73. The van der Waals surface area contributed by atoms with Gasteiger partial charge in [-0.15, -0.1) is 0 Å². The minimum Gasteiger partial charge on any atom is -0.481 e. The minimum absolute atomic E-state index is 0.234. The molecule has 0 fully saturated rings. The summed E-state index contributed by atoms with van der Waals surface area (Å²) in [4.78, 5) is 14.5. The van der Waals surface area contributed by atoms with E-state index < -0.39 is 5.97 Å². The van der Waals surface area contributed by atoms with Crippen LogP contribution in [0.15, 0.2) is 18.3 Å². The Kier molecular flexibility index (Phi) is 5.26. The first-order valence-electron chi connectivity index (χ1n) is 5.46. The largest absolute Gasteiger partial charge is 0.481 e. The van der Waals surface area contributed by atoms with Crippen LogP contribution in [0.4, 0.5) is 0 Å². The van der Waals surface area contributed by atoms with Gasteiger partial charge in [0.05, 0.1) is 0 Å². The Labute approximate surface area is 100 Å². The molecule has 0 aliphatic heterocycles. The molecule has 1 unspecified atom stereocenters. The van der Waals surface area contributed by atoms with E-state index in [1.165, 1.54) is 0 Å². The number of carbonyl (C=O) groups is 1. The molecule has 0 aliphatic rings. The van der Waals surface area contributed by atoms with Crippen LogP contribution in [0.3, 0.4) is 0 Å². The quantitative estimate of drug-likeness (QED) is 0.776. The highest BCUT2D eigenvalue weighted by Gasteiger charge is 2.10. The third kappa shape index (κ3) is 4.19. The highest BCUT2D eigenvalue weighted by atomic mass is 35.5. The number of aliphatic carboxylic acids is 1. The van der Waals surface area contributed by atoms with Crippen molar-refractivity contribution >= 4 is 17.6 Å². The van der Waals surface area contributed by atoms with Crippen LogP contribution in [0.5, 0.6) is 0 Å². The predicted octanol–water partition coefficient (Wildman–Crippen LogP) is 3.48. The van der Waals surface area contributed by atoms with Crippen molar-refractivity contribution in [1.29, 1.82) is 0 Å². The van der Waals surface area contributed by atoms with Crippen molar-refractivity contribution < 1.29 is 9.90 Å². The average molecular weight is 242 g/mol. The summed E-state index contributed by atoms with van der Waals surface area (Å²) in [6.07, 6.45) is 4.58. The molecule has 0 spiro atoms. The molecule has 0 saturated carbocycles. The molecular formula is C12H16ClNO2. The van der Waals surface area contributed by atoms with E-state index in [-0.39, 0.29) is 6.42 Å². The van der Waals surface area contributed by atoms with Crippen molar-refractivity contribution in [3.8, 4) is 0 Å². The normalized spacial score (nSPS) is 12.4. The van der Waals surface area contributed by atoms with Gasteiger partial charge in [-0.05, 0) is 36.8 Å². The summed E-state index contributed by atoms with van der Waals surface area (Å²) < 4.78 is 0. The maximum atomic E-state index is 10.4. The van der Waals surface area contributed by atoms with Gasteiger partial charge in [-0.3, -0.25) is 4.79 Å². The Bertz CT molecular complexity index is 337. The number of carboxylic acids is 1. The second kappa shape index (κ2) is 6.48. The molecule has 0 aliphatic carbocycles. The lowest BCUT2D eigenvalue weighted by molar-refractivity contribution is -0.137. The van der Waals surface area contributed by atoms with Gasteiger partial charge in [0.15, 0.2) is 0 Å². The maximum absolute atomic E-state index is 10.4. The minimum atomic E-state index is -0.732. The van der Waals surface area contributed by atoms with Crippen molar-refractivity contribution in [2.45, 2.75) is 38.5 Å². The van der Waals surface area contributed by atoms with Gasteiger partial charge >= 0.3 is 5.97 Å². The van der Waals surface area contributed by atoms with E-state index in [4.69, 9.17) is 16.7 Å². The number of hydrogen-bond donors (Lipinski definition) is 1. The van der Waals surface area contributed by atoms with Crippen LogP contribution in [-0.2, 0) is 4.79 Å². The Morgan fingerprint density at radius 1 is 1.56 bits per heavy atom.